The van der Waals surface area contributed by atoms with Gasteiger partial charge in [0, 0.05) is 13.0 Å². The van der Waals surface area contributed by atoms with Crippen molar-refractivity contribution in [2.45, 2.75) is 50.0 Å². The van der Waals surface area contributed by atoms with E-state index in [1.54, 1.807) is 19.2 Å². The quantitative estimate of drug-likeness (QED) is 0.927. The molecule has 2 atom stereocenters. The highest BCUT2D eigenvalue weighted by molar-refractivity contribution is 5.90. The van der Waals surface area contributed by atoms with Gasteiger partial charge in [0.05, 0.1) is 0 Å². The van der Waals surface area contributed by atoms with Crippen LogP contribution >= 0.6 is 0 Å². The van der Waals surface area contributed by atoms with E-state index in [2.05, 4.69) is 0 Å². The van der Waals surface area contributed by atoms with Crippen LogP contribution in [0.25, 0.3) is 0 Å². The fourth-order valence-corrected chi connectivity index (χ4v) is 3.84. The summed E-state index contributed by atoms with van der Waals surface area (Å²) in [6, 6.07) is 6.22. The van der Waals surface area contributed by atoms with Crippen molar-refractivity contribution in [2.75, 3.05) is 7.05 Å². The van der Waals surface area contributed by atoms with Gasteiger partial charge in [-0.25, -0.2) is 9.18 Å². The van der Waals surface area contributed by atoms with Crippen molar-refractivity contribution < 1.29 is 19.1 Å². The standard InChI is InChI=1S/C18H22FNO3/c1-20(18(17(22)23)9-3-2-4-10-18)16(21)15-11-14(15)12-5-7-13(19)8-6-12/h5-8,14-15H,2-4,9-11H2,1H3,(H,22,23). The van der Waals surface area contributed by atoms with Crippen LogP contribution in [0.2, 0.25) is 0 Å². The van der Waals surface area contributed by atoms with Crippen molar-refractivity contribution in [2.24, 2.45) is 5.92 Å². The first-order valence-electron chi connectivity index (χ1n) is 8.22. The average Bonchev–Trinajstić information content (AvgIpc) is 3.35. The van der Waals surface area contributed by atoms with Crippen molar-refractivity contribution in [3.63, 3.8) is 0 Å². The molecule has 0 spiro atoms. The molecule has 0 heterocycles. The van der Waals surface area contributed by atoms with Gasteiger partial charge in [0.15, 0.2) is 0 Å². The van der Waals surface area contributed by atoms with E-state index in [1.807, 2.05) is 0 Å². The van der Waals surface area contributed by atoms with Crippen LogP contribution in [-0.2, 0) is 9.59 Å². The van der Waals surface area contributed by atoms with Crippen molar-refractivity contribution >= 4 is 11.9 Å². The number of carboxylic acids is 1. The van der Waals surface area contributed by atoms with Gasteiger partial charge in [-0.1, -0.05) is 31.4 Å². The minimum Gasteiger partial charge on any atom is -0.479 e. The second-order valence-electron chi connectivity index (χ2n) is 6.79. The molecule has 5 heteroatoms. The number of nitrogens with zero attached hydrogens (tertiary/aromatic N) is 1. The smallest absolute Gasteiger partial charge is 0.329 e. The summed E-state index contributed by atoms with van der Waals surface area (Å²) in [6.45, 7) is 0. The van der Waals surface area contributed by atoms with Gasteiger partial charge >= 0.3 is 5.97 Å². The Labute approximate surface area is 135 Å². The van der Waals surface area contributed by atoms with Gasteiger partial charge in [-0.3, -0.25) is 4.79 Å². The first kappa shape index (κ1) is 16.0. The largest absolute Gasteiger partial charge is 0.479 e. The van der Waals surface area contributed by atoms with Crippen LogP contribution in [0.3, 0.4) is 0 Å². The number of carboxylic acid groups (broad SMARTS) is 1. The van der Waals surface area contributed by atoms with Crippen LogP contribution in [0.4, 0.5) is 4.39 Å². The molecule has 2 fully saturated rings. The zero-order valence-electron chi connectivity index (χ0n) is 13.3. The molecule has 2 unspecified atom stereocenters. The number of hydrogen-bond acceptors (Lipinski definition) is 2. The third-order valence-corrected chi connectivity index (χ3v) is 5.46. The van der Waals surface area contributed by atoms with Gasteiger partial charge in [0.25, 0.3) is 0 Å². The van der Waals surface area contributed by atoms with E-state index in [0.29, 0.717) is 19.3 Å². The van der Waals surface area contributed by atoms with Crippen molar-refractivity contribution in [1.29, 1.82) is 0 Å². The second-order valence-corrected chi connectivity index (χ2v) is 6.79. The second kappa shape index (κ2) is 5.95. The Morgan fingerprint density at radius 3 is 2.35 bits per heavy atom. The van der Waals surface area contributed by atoms with Gasteiger partial charge in [-0.05, 0) is 42.9 Å². The molecule has 1 N–H and O–H groups in total. The van der Waals surface area contributed by atoms with E-state index in [4.69, 9.17) is 0 Å². The number of aliphatic carboxylic acids is 1. The zero-order chi connectivity index (χ0) is 16.6. The van der Waals surface area contributed by atoms with Gasteiger partial charge in [-0.15, -0.1) is 0 Å². The lowest BCUT2D eigenvalue weighted by atomic mass is 9.80. The number of amides is 1. The molecule has 0 bridgehead atoms. The third-order valence-electron chi connectivity index (χ3n) is 5.46. The predicted octanol–water partition coefficient (Wildman–Crippen LogP) is 3.18. The molecule has 0 aromatic heterocycles. The zero-order valence-corrected chi connectivity index (χ0v) is 13.3. The lowest BCUT2D eigenvalue weighted by molar-refractivity contribution is -0.160. The van der Waals surface area contributed by atoms with E-state index in [-0.39, 0.29) is 23.6 Å². The summed E-state index contributed by atoms with van der Waals surface area (Å²) in [7, 11) is 1.63. The van der Waals surface area contributed by atoms with E-state index in [1.165, 1.54) is 17.0 Å². The Kier molecular flexibility index (Phi) is 4.13. The Hall–Kier alpha value is -1.91. The summed E-state index contributed by atoms with van der Waals surface area (Å²) >= 11 is 0. The van der Waals surface area contributed by atoms with Gasteiger partial charge in [-0.2, -0.15) is 0 Å². The minimum absolute atomic E-state index is 0.0833. The number of carbonyl (C=O) groups excluding carboxylic acids is 1. The third kappa shape index (κ3) is 2.84. The van der Waals surface area contributed by atoms with Gasteiger partial charge in [0.1, 0.15) is 11.4 Å². The lowest BCUT2D eigenvalue weighted by Crippen LogP contribution is -2.56. The van der Waals surface area contributed by atoms with E-state index in [9.17, 15) is 19.1 Å². The van der Waals surface area contributed by atoms with Crippen LogP contribution < -0.4 is 0 Å². The Balaban J connectivity index is 1.73. The molecule has 3 rings (SSSR count). The fourth-order valence-electron chi connectivity index (χ4n) is 3.84. The van der Waals surface area contributed by atoms with E-state index in [0.717, 1.165) is 24.8 Å². The number of rotatable bonds is 4. The molecule has 2 aliphatic carbocycles. The first-order chi connectivity index (χ1) is 11.0. The molecule has 124 valence electrons. The minimum atomic E-state index is -1.05. The number of carbonyl (C=O) groups is 2. The molecule has 0 saturated heterocycles. The van der Waals surface area contributed by atoms with Crippen LogP contribution in [-0.4, -0.2) is 34.5 Å². The molecule has 1 aromatic rings. The molecule has 4 nitrogen and oxygen atoms in total. The highest BCUT2D eigenvalue weighted by Gasteiger charge is 2.52. The summed E-state index contributed by atoms with van der Waals surface area (Å²) in [5.41, 5.74) is -0.100. The predicted molar refractivity (Wildman–Crippen MR) is 83.5 cm³/mol. The topological polar surface area (TPSA) is 57.6 Å². The maximum absolute atomic E-state index is 13.0. The monoisotopic (exact) mass is 319 g/mol. The van der Waals surface area contributed by atoms with Crippen LogP contribution in [0, 0.1) is 11.7 Å². The molecule has 2 saturated carbocycles. The van der Waals surface area contributed by atoms with Crippen molar-refractivity contribution in [1.82, 2.24) is 4.90 Å². The first-order valence-corrected chi connectivity index (χ1v) is 8.22. The maximum Gasteiger partial charge on any atom is 0.329 e. The van der Waals surface area contributed by atoms with E-state index >= 15 is 0 Å². The molecule has 0 aliphatic heterocycles. The Morgan fingerprint density at radius 1 is 1.17 bits per heavy atom. The summed E-state index contributed by atoms with van der Waals surface area (Å²) < 4.78 is 13.0. The highest BCUT2D eigenvalue weighted by Crippen LogP contribution is 2.49. The maximum atomic E-state index is 13.0. The lowest BCUT2D eigenvalue weighted by Gasteiger charge is -2.41. The molecule has 2 aliphatic rings. The van der Waals surface area contributed by atoms with Crippen molar-refractivity contribution in [3.05, 3.63) is 35.6 Å². The Morgan fingerprint density at radius 2 is 1.78 bits per heavy atom. The molecule has 1 aromatic carbocycles. The fraction of sp³-hybridized carbons (Fsp3) is 0.556. The molecular formula is C18H22FNO3. The molecule has 0 radical (unpaired) electrons. The van der Waals surface area contributed by atoms with Gasteiger partial charge < -0.3 is 10.0 Å². The highest BCUT2D eigenvalue weighted by atomic mass is 19.1. The number of likely N-dealkylation sites (N-methyl/N-ethyl adjacent to an activating group) is 1. The summed E-state index contributed by atoms with van der Waals surface area (Å²) in [6.07, 6.45) is 4.48. The number of hydrogen-bond donors (Lipinski definition) is 1. The molecular weight excluding hydrogens is 297 g/mol. The summed E-state index contributed by atoms with van der Waals surface area (Å²) in [5.74, 6) is -1.37. The van der Waals surface area contributed by atoms with Crippen LogP contribution in [0.1, 0.15) is 50.0 Å². The average molecular weight is 319 g/mol. The molecule has 23 heavy (non-hydrogen) atoms. The van der Waals surface area contributed by atoms with Crippen LogP contribution in [0.5, 0.6) is 0 Å². The summed E-state index contributed by atoms with van der Waals surface area (Å²) in [4.78, 5) is 26.0. The Bertz CT molecular complexity index is 607. The summed E-state index contributed by atoms with van der Waals surface area (Å²) in [5, 5.41) is 9.69. The van der Waals surface area contributed by atoms with Gasteiger partial charge in [0.2, 0.25) is 5.91 Å². The van der Waals surface area contributed by atoms with Crippen molar-refractivity contribution in [3.8, 4) is 0 Å². The number of halogens is 1. The van der Waals surface area contributed by atoms with E-state index < -0.39 is 11.5 Å². The van der Waals surface area contributed by atoms with Crippen LogP contribution in [0.15, 0.2) is 24.3 Å². The normalized spacial score (nSPS) is 25.7. The molecule has 1 amide bonds. The number of benzene rings is 1. The SMILES string of the molecule is CN(C(=O)C1CC1c1ccc(F)cc1)C1(C(=O)O)CCCCC1.